The second-order valence-corrected chi connectivity index (χ2v) is 3.84. The highest BCUT2D eigenvalue weighted by Crippen LogP contribution is 2.25. The van der Waals surface area contributed by atoms with Crippen LogP contribution in [-0.4, -0.2) is 17.9 Å². The van der Waals surface area contributed by atoms with E-state index >= 15 is 0 Å². The summed E-state index contributed by atoms with van der Waals surface area (Å²) >= 11 is 0. The first-order valence-corrected chi connectivity index (χ1v) is 4.99. The highest BCUT2D eigenvalue weighted by Gasteiger charge is 2.24. The van der Waals surface area contributed by atoms with Gasteiger partial charge in [0.1, 0.15) is 0 Å². The zero-order chi connectivity index (χ0) is 11.7. The lowest BCUT2D eigenvalue weighted by Crippen LogP contribution is -2.17. The number of nitrogens with one attached hydrogen (secondary N) is 1. The normalized spacial score (nSPS) is 14.2. The zero-order valence-corrected chi connectivity index (χ0v) is 9.02. The molecule has 0 bridgehead atoms. The Hall–Kier alpha value is -2.04. The third kappa shape index (κ3) is 1.71. The lowest BCUT2D eigenvalue weighted by atomic mass is 10.0. The molecule has 1 N–H and O–H groups in total. The summed E-state index contributed by atoms with van der Waals surface area (Å²) in [6, 6.07) is 5.23. The maximum Gasteiger partial charge on any atom is 0.298 e. The average Bonchev–Trinajstić information content (AvgIpc) is 2.23. The number of carbonyl (C=O) groups excluding carboxylic acids is 2. The van der Waals surface area contributed by atoms with E-state index in [1.807, 2.05) is 13.8 Å². The van der Waals surface area contributed by atoms with Crippen LogP contribution in [0, 0.1) is 0 Å². The molecule has 0 aromatic heterocycles. The van der Waals surface area contributed by atoms with Gasteiger partial charge < -0.3 is 5.32 Å². The van der Waals surface area contributed by atoms with Gasteiger partial charge in [-0.15, -0.1) is 10.2 Å². The van der Waals surface area contributed by atoms with Gasteiger partial charge in [0.25, 0.3) is 11.8 Å². The Labute approximate surface area is 92.6 Å². The molecular weight excluding hydrogens is 206 g/mol. The van der Waals surface area contributed by atoms with Crippen molar-refractivity contribution in [3.63, 3.8) is 0 Å². The molecule has 1 aliphatic heterocycles. The first-order valence-electron chi connectivity index (χ1n) is 4.99. The number of fused-ring (bicyclic) bond motifs is 1. The van der Waals surface area contributed by atoms with Crippen LogP contribution in [0.1, 0.15) is 34.6 Å². The second-order valence-electron chi connectivity index (χ2n) is 3.84. The third-order valence-electron chi connectivity index (χ3n) is 2.18. The minimum Gasteiger partial charge on any atom is -0.382 e. The monoisotopic (exact) mass is 217 g/mol. The number of nitrogens with zero attached hydrogens (tertiary/aromatic N) is 2. The number of rotatable bonds is 2. The van der Waals surface area contributed by atoms with E-state index in [-0.39, 0.29) is 6.04 Å². The van der Waals surface area contributed by atoms with Crippen molar-refractivity contribution < 1.29 is 9.59 Å². The van der Waals surface area contributed by atoms with Gasteiger partial charge in [-0.05, 0) is 26.0 Å². The fraction of sp³-hybridized carbons (Fsp3) is 0.273. The van der Waals surface area contributed by atoms with Crippen molar-refractivity contribution in [3.05, 3.63) is 29.3 Å². The van der Waals surface area contributed by atoms with Gasteiger partial charge in [-0.3, -0.25) is 9.59 Å². The number of amides is 2. The maximum atomic E-state index is 11.6. The van der Waals surface area contributed by atoms with Crippen molar-refractivity contribution in [2.24, 2.45) is 10.2 Å². The predicted molar refractivity (Wildman–Crippen MR) is 58.7 cm³/mol. The molecule has 1 aliphatic rings. The number of benzene rings is 1. The molecule has 0 unspecified atom stereocenters. The molecule has 1 heterocycles. The molecule has 0 fully saturated rings. The van der Waals surface area contributed by atoms with E-state index in [1.165, 1.54) is 0 Å². The molecule has 0 atom stereocenters. The van der Waals surface area contributed by atoms with Crippen LogP contribution >= 0.6 is 0 Å². The largest absolute Gasteiger partial charge is 0.382 e. The Morgan fingerprint density at radius 2 is 1.81 bits per heavy atom. The summed E-state index contributed by atoms with van der Waals surface area (Å²) in [4.78, 5) is 23.0. The van der Waals surface area contributed by atoms with E-state index in [0.29, 0.717) is 16.8 Å². The van der Waals surface area contributed by atoms with E-state index in [2.05, 4.69) is 15.5 Å². The van der Waals surface area contributed by atoms with Crippen LogP contribution in [0.3, 0.4) is 0 Å². The Kier molecular flexibility index (Phi) is 2.52. The fourth-order valence-corrected chi connectivity index (χ4v) is 1.59. The highest BCUT2D eigenvalue weighted by molar-refractivity contribution is 6.14. The van der Waals surface area contributed by atoms with Gasteiger partial charge in [0.2, 0.25) is 0 Å². The van der Waals surface area contributed by atoms with Crippen LogP contribution in [0.5, 0.6) is 0 Å². The standard InChI is InChI=1S/C11H11N3O2/c1-6(2)12-8-5-3-4-7-9(8)11(16)14-13-10(7)15/h3-6,12H,1-2H3. The summed E-state index contributed by atoms with van der Waals surface area (Å²) in [5.74, 6) is -0.944. The van der Waals surface area contributed by atoms with E-state index in [0.717, 1.165) is 0 Å². The zero-order valence-electron chi connectivity index (χ0n) is 9.02. The van der Waals surface area contributed by atoms with Gasteiger partial charge in [-0.25, -0.2) is 0 Å². The van der Waals surface area contributed by atoms with Crippen LogP contribution in [0.4, 0.5) is 5.69 Å². The molecule has 5 nitrogen and oxygen atoms in total. The minimum atomic E-state index is -0.474. The van der Waals surface area contributed by atoms with Gasteiger partial charge in [-0.1, -0.05) is 6.07 Å². The molecule has 2 rings (SSSR count). The van der Waals surface area contributed by atoms with Crippen molar-refractivity contribution in [2.45, 2.75) is 19.9 Å². The Morgan fingerprint density at radius 1 is 1.12 bits per heavy atom. The van der Waals surface area contributed by atoms with Crippen molar-refractivity contribution in [3.8, 4) is 0 Å². The van der Waals surface area contributed by atoms with E-state index in [4.69, 9.17) is 0 Å². The number of azo groups is 1. The molecule has 5 heteroatoms. The number of anilines is 1. The van der Waals surface area contributed by atoms with Gasteiger partial charge in [0.15, 0.2) is 0 Å². The minimum absolute atomic E-state index is 0.174. The quantitative estimate of drug-likeness (QED) is 0.825. The lowest BCUT2D eigenvalue weighted by molar-refractivity contribution is 0.0921. The van der Waals surface area contributed by atoms with Crippen molar-refractivity contribution in [2.75, 3.05) is 5.32 Å². The van der Waals surface area contributed by atoms with Crippen LogP contribution in [0.2, 0.25) is 0 Å². The molecular formula is C11H11N3O2. The van der Waals surface area contributed by atoms with Crippen LogP contribution in [-0.2, 0) is 0 Å². The van der Waals surface area contributed by atoms with E-state index in [9.17, 15) is 9.59 Å². The lowest BCUT2D eigenvalue weighted by Gasteiger charge is -2.16. The summed E-state index contributed by atoms with van der Waals surface area (Å²) in [5, 5.41) is 9.71. The highest BCUT2D eigenvalue weighted by atomic mass is 16.2. The molecule has 0 saturated heterocycles. The van der Waals surface area contributed by atoms with Crippen LogP contribution < -0.4 is 5.32 Å². The average molecular weight is 217 g/mol. The van der Waals surface area contributed by atoms with E-state index < -0.39 is 11.8 Å². The van der Waals surface area contributed by atoms with Gasteiger partial charge in [-0.2, -0.15) is 0 Å². The molecule has 82 valence electrons. The molecule has 0 radical (unpaired) electrons. The number of carbonyl (C=O) groups is 2. The third-order valence-corrected chi connectivity index (χ3v) is 2.18. The van der Waals surface area contributed by atoms with Gasteiger partial charge in [0, 0.05) is 11.7 Å². The van der Waals surface area contributed by atoms with Crippen LogP contribution in [0.25, 0.3) is 0 Å². The molecule has 1 aromatic carbocycles. The summed E-state index contributed by atoms with van der Waals surface area (Å²) in [7, 11) is 0. The van der Waals surface area contributed by atoms with Crippen molar-refractivity contribution in [1.82, 2.24) is 0 Å². The second kappa shape index (κ2) is 3.84. The first kappa shape index (κ1) is 10.5. The molecule has 0 aliphatic carbocycles. The Balaban J connectivity index is 2.55. The first-order chi connectivity index (χ1) is 7.59. The van der Waals surface area contributed by atoms with Gasteiger partial charge in [0.05, 0.1) is 11.1 Å². The van der Waals surface area contributed by atoms with Crippen molar-refractivity contribution >= 4 is 17.5 Å². The maximum absolute atomic E-state index is 11.6. The molecule has 16 heavy (non-hydrogen) atoms. The smallest absolute Gasteiger partial charge is 0.298 e. The summed E-state index contributed by atoms with van der Waals surface area (Å²) in [6.07, 6.45) is 0. The summed E-state index contributed by atoms with van der Waals surface area (Å²) < 4.78 is 0. The topological polar surface area (TPSA) is 70.9 Å². The Bertz CT molecular complexity index is 492. The molecule has 0 spiro atoms. The Morgan fingerprint density at radius 3 is 2.50 bits per heavy atom. The molecule has 2 amide bonds. The predicted octanol–water partition coefficient (Wildman–Crippen LogP) is 2.25. The molecule has 1 aromatic rings. The number of hydrogen-bond donors (Lipinski definition) is 1. The van der Waals surface area contributed by atoms with Crippen molar-refractivity contribution in [1.29, 1.82) is 0 Å². The summed E-state index contributed by atoms with van der Waals surface area (Å²) in [6.45, 7) is 3.91. The van der Waals surface area contributed by atoms with Gasteiger partial charge >= 0.3 is 0 Å². The van der Waals surface area contributed by atoms with E-state index in [1.54, 1.807) is 18.2 Å². The van der Waals surface area contributed by atoms with Crippen LogP contribution in [0.15, 0.2) is 28.4 Å². The molecule has 0 saturated carbocycles. The SMILES string of the molecule is CC(C)Nc1cccc2c1C(=O)N=NC2=O. The number of hydrogen-bond acceptors (Lipinski definition) is 3. The fourth-order valence-electron chi connectivity index (χ4n) is 1.59. The summed E-state index contributed by atoms with van der Waals surface area (Å²) in [5.41, 5.74) is 1.26.